The molecule has 38 heavy (non-hydrogen) atoms. The van der Waals surface area contributed by atoms with Crippen LogP contribution in [0, 0.1) is 18.6 Å². The van der Waals surface area contributed by atoms with Crippen LogP contribution >= 0.6 is 0 Å². The number of rotatable bonds is 8. The van der Waals surface area contributed by atoms with Gasteiger partial charge in [0.2, 0.25) is 5.89 Å². The fraction of sp³-hybridized carbons (Fsp3) is 0.538. The van der Waals surface area contributed by atoms with Gasteiger partial charge in [0, 0.05) is 38.2 Å². The van der Waals surface area contributed by atoms with Crippen molar-refractivity contribution in [1.29, 1.82) is 0 Å². The number of ether oxygens (including phenoxy) is 2. The lowest BCUT2D eigenvalue weighted by Gasteiger charge is -2.40. The number of nitrogens with one attached hydrogen (secondary N) is 1. The van der Waals surface area contributed by atoms with Crippen molar-refractivity contribution in [3.05, 3.63) is 52.7 Å². The minimum absolute atomic E-state index is 0.0746. The molecule has 0 saturated carbocycles. The Labute approximate surface area is 219 Å². The van der Waals surface area contributed by atoms with Crippen molar-refractivity contribution in [2.45, 2.75) is 77.9 Å². The van der Waals surface area contributed by atoms with Crippen LogP contribution in [0.3, 0.4) is 0 Å². The highest BCUT2D eigenvalue weighted by Gasteiger charge is 2.40. The van der Waals surface area contributed by atoms with E-state index in [9.17, 15) is 13.6 Å². The number of aryl methyl sites for hydroxylation is 1. The van der Waals surface area contributed by atoms with Gasteiger partial charge in [-0.2, -0.15) is 0 Å². The normalized spacial score (nSPS) is 21.4. The van der Waals surface area contributed by atoms with E-state index in [0.717, 1.165) is 42.4 Å². The molecule has 3 aromatic rings. The van der Waals surface area contributed by atoms with Gasteiger partial charge in [0.05, 0.1) is 30.6 Å². The lowest BCUT2D eigenvalue weighted by molar-refractivity contribution is -0.0611. The maximum Gasteiger partial charge on any atom is 0.407 e. The van der Waals surface area contributed by atoms with Crippen LogP contribution in [0.5, 0.6) is 0 Å². The number of imidazole rings is 1. The molecule has 1 aromatic carbocycles. The quantitative estimate of drug-likeness (QED) is 0.430. The number of benzene rings is 1. The van der Waals surface area contributed by atoms with E-state index in [-0.39, 0.29) is 24.8 Å². The van der Waals surface area contributed by atoms with Crippen LogP contribution in [0.1, 0.15) is 62.1 Å². The summed E-state index contributed by atoms with van der Waals surface area (Å²) in [5, 5.41) is 10.9. The third kappa shape index (κ3) is 5.28. The Hall–Kier alpha value is -3.38. The molecule has 0 spiro atoms. The van der Waals surface area contributed by atoms with Gasteiger partial charge in [0.15, 0.2) is 5.82 Å². The molecule has 1 saturated heterocycles. The highest BCUT2D eigenvalue weighted by Crippen LogP contribution is 2.36. The molecule has 0 aliphatic carbocycles. The maximum atomic E-state index is 14.7. The number of hydrogen-bond acceptors (Lipinski definition) is 8. The Kier molecular flexibility index (Phi) is 7.70. The predicted molar refractivity (Wildman–Crippen MR) is 132 cm³/mol. The lowest BCUT2D eigenvalue weighted by Crippen LogP contribution is -2.51. The zero-order valence-corrected chi connectivity index (χ0v) is 21.7. The highest BCUT2D eigenvalue weighted by molar-refractivity contribution is 5.67. The van der Waals surface area contributed by atoms with Gasteiger partial charge >= 0.3 is 6.09 Å². The molecular weight excluding hydrogens is 498 g/mol. The van der Waals surface area contributed by atoms with Crippen molar-refractivity contribution in [2.24, 2.45) is 0 Å². The smallest absolute Gasteiger partial charge is 0.407 e. The fourth-order valence-electron chi connectivity index (χ4n) is 5.18. The minimum Gasteiger partial charge on any atom is -0.450 e. The summed E-state index contributed by atoms with van der Waals surface area (Å²) in [6.07, 6.45) is 0.647. The second kappa shape index (κ2) is 11.2. The molecular formula is C26H32F2N6O4. The summed E-state index contributed by atoms with van der Waals surface area (Å²) in [6.45, 7) is 8.21. The van der Waals surface area contributed by atoms with Gasteiger partial charge in [-0.05, 0) is 38.0 Å². The van der Waals surface area contributed by atoms with Crippen LogP contribution < -0.4 is 5.32 Å². The number of amides is 1. The third-order valence-corrected chi connectivity index (χ3v) is 7.07. The summed E-state index contributed by atoms with van der Waals surface area (Å²) in [4.78, 5) is 19.5. The molecule has 4 heterocycles. The molecule has 10 nitrogen and oxygen atoms in total. The Morgan fingerprint density at radius 3 is 2.82 bits per heavy atom. The Bertz CT molecular complexity index is 1290. The number of alkyl carbamates (subject to hydrolysis) is 1. The van der Waals surface area contributed by atoms with Gasteiger partial charge in [-0.3, -0.25) is 4.90 Å². The highest BCUT2D eigenvalue weighted by atomic mass is 19.1. The Balaban J connectivity index is 1.34. The first-order valence-corrected chi connectivity index (χ1v) is 13.0. The van der Waals surface area contributed by atoms with Gasteiger partial charge in [-0.15, -0.1) is 10.2 Å². The molecule has 0 radical (unpaired) electrons. The Morgan fingerprint density at radius 1 is 1.24 bits per heavy atom. The second-order valence-electron chi connectivity index (χ2n) is 9.65. The molecule has 5 rings (SSSR count). The number of aromatic nitrogens is 4. The number of nitrogens with zero attached hydrogens (tertiary/aromatic N) is 5. The minimum atomic E-state index is -0.847. The number of carbonyl (C=O) groups is 1. The van der Waals surface area contributed by atoms with Gasteiger partial charge in [-0.25, -0.2) is 18.6 Å². The summed E-state index contributed by atoms with van der Waals surface area (Å²) < 4.78 is 47.7. The summed E-state index contributed by atoms with van der Waals surface area (Å²) in [6, 6.07) is 2.56. The largest absolute Gasteiger partial charge is 0.450 e. The van der Waals surface area contributed by atoms with Crippen molar-refractivity contribution in [3.8, 4) is 11.7 Å². The van der Waals surface area contributed by atoms with E-state index in [1.165, 1.54) is 0 Å². The molecule has 2 aliphatic rings. The van der Waals surface area contributed by atoms with Gasteiger partial charge in [0.1, 0.15) is 17.7 Å². The first-order valence-electron chi connectivity index (χ1n) is 13.0. The molecule has 2 aromatic heterocycles. The standard InChI is InChI=1S/C26H32F2N6O4/c1-4-6-9-36-26(35)30-20-11-17(14-37-23(20)18-10-16(27)7-8-19(18)28)33-12-21-22(13-33)34(5-2)24(29-21)25-32-31-15(3)38-25/h7-8,10,17,20,23H,4-6,9,11-14H2,1-3H3,(H,30,35)/t17-,20+,23-/m1/s1. The van der Waals surface area contributed by atoms with E-state index in [1.807, 2.05) is 13.8 Å². The predicted octanol–water partition coefficient (Wildman–Crippen LogP) is 4.28. The van der Waals surface area contributed by atoms with Crippen molar-refractivity contribution in [3.63, 3.8) is 0 Å². The van der Waals surface area contributed by atoms with E-state index in [1.54, 1.807) is 6.92 Å². The van der Waals surface area contributed by atoms with E-state index in [4.69, 9.17) is 18.9 Å². The molecule has 204 valence electrons. The average Bonchev–Trinajstić information content (AvgIpc) is 3.60. The van der Waals surface area contributed by atoms with Gasteiger partial charge < -0.3 is 23.8 Å². The first kappa shape index (κ1) is 26.2. The summed E-state index contributed by atoms with van der Waals surface area (Å²) in [5.41, 5.74) is 2.05. The van der Waals surface area contributed by atoms with Crippen LogP contribution in [0.25, 0.3) is 11.7 Å². The zero-order chi connectivity index (χ0) is 26.8. The van der Waals surface area contributed by atoms with Gasteiger partial charge in [0.25, 0.3) is 5.89 Å². The van der Waals surface area contributed by atoms with Crippen LogP contribution in [-0.2, 0) is 29.1 Å². The van der Waals surface area contributed by atoms with Crippen LogP contribution in [0.4, 0.5) is 13.6 Å². The zero-order valence-electron chi connectivity index (χ0n) is 21.7. The molecule has 0 unspecified atom stereocenters. The number of hydrogen-bond donors (Lipinski definition) is 1. The number of halogens is 2. The molecule has 1 amide bonds. The van der Waals surface area contributed by atoms with Crippen molar-refractivity contribution in [2.75, 3.05) is 13.2 Å². The monoisotopic (exact) mass is 530 g/mol. The molecule has 1 fully saturated rings. The fourth-order valence-corrected chi connectivity index (χ4v) is 5.18. The van der Waals surface area contributed by atoms with Crippen molar-refractivity contribution >= 4 is 6.09 Å². The topological polar surface area (TPSA) is 108 Å². The van der Waals surface area contributed by atoms with Crippen LogP contribution in [-0.4, -0.2) is 56.0 Å². The molecule has 2 aliphatic heterocycles. The SMILES string of the molecule is CCCCOC(=O)N[C@H]1C[C@@H](N2Cc3nc(-c4nnc(C)o4)n(CC)c3C2)CO[C@@H]1c1cc(F)ccc1F. The van der Waals surface area contributed by atoms with Crippen molar-refractivity contribution < 1.29 is 27.5 Å². The maximum absolute atomic E-state index is 14.7. The van der Waals surface area contributed by atoms with Crippen molar-refractivity contribution in [1.82, 2.24) is 30.0 Å². The number of carbonyl (C=O) groups excluding carboxylic acids is 1. The number of fused-ring (bicyclic) bond motifs is 1. The third-order valence-electron chi connectivity index (χ3n) is 7.07. The van der Waals surface area contributed by atoms with Gasteiger partial charge in [-0.1, -0.05) is 13.3 Å². The number of unbranched alkanes of at least 4 members (excludes halogenated alkanes) is 1. The lowest BCUT2D eigenvalue weighted by atomic mass is 9.92. The van der Waals surface area contributed by atoms with E-state index in [0.29, 0.717) is 43.7 Å². The van der Waals surface area contributed by atoms with E-state index in [2.05, 4.69) is 25.0 Å². The summed E-state index contributed by atoms with van der Waals surface area (Å²) in [5.74, 6) is 0.356. The average molecular weight is 531 g/mol. The molecule has 1 N–H and O–H groups in total. The van der Waals surface area contributed by atoms with Crippen LogP contribution in [0.15, 0.2) is 22.6 Å². The second-order valence-corrected chi connectivity index (χ2v) is 9.65. The molecule has 12 heteroatoms. The molecule has 3 atom stereocenters. The Morgan fingerprint density at radius 2 is 2.08 bits per heavy atom. The van der Waals surface area contributed by atoms with E-state index >= 15 is 0 Å². The summed E-state index contributed by atoms with van der Waals surface area (Å²) >= 11 is 0. The van der Waals surface area contributed by atoms with Crippen LogP contribution in [0.2, 0.25) is 0 Å². The first-order chi connectivity index (χ1) is 18.4. The van der Waals surface area contributed by atoms with E-state index < -0.39 is 29.9 Å². The molecule has 0 bridgehead atoms. The summed E-state index contributed by atoms with van der Waals surface area (Å²) in [7, 11) is 0.